The van der Waals surface area contributed by atoms with Crippen LogP contribution in [-0.4, -0.2) is 24.2 Å². The van der Waals surface area contributed by atoms with E-state index in [0.717, 1.165) is 17.7 Å². The number of nitrogens with one attached hydrogen (secondary N) is 2. The second-order valence-corrected chi connectivity index (χ2v) is 6.81. The van der Waals surface area contributed by atoms with E-state index in [0.29, 0.717) is 18.1 Å². The van der Waals surface area contributed by atoms with Gasteiger partial charge in [0.05, 0.1) is 18.7 Å². The Hall–Kier alpha value is -2.06. The molecule has 0 aliphatic heterocycles. The maximum atomic E-state index is 12.6. The molecular weight excluding hydrogens is 363 g/mol. The van der Waals surface area contributed by atoms with Crippen molar-refractivity contribution in [3.8, 4) is 0 Å². The van der Waals surface area contributed by atoms with Crippen LogP contribution in [-0.2, 0) is 18.3 Å². The van der Waals surface area contributed by atoms with Crippen molar-refractivity contribution >= 4 is 17.3 Å². The minimum Gasteiger partial charge on any atom is -0.384 e. The van der Waals surface area contributed by atoms with E-state index < -0.39 is 17.3 Å². The summed E-state index contributed by atoms with van der Waals surface area (Å²) in [7, 11) is 0. The molecule has 0 aliphatic carbocycles. The van der Waals surface area contributed by atoms with E-state index in [4.69, 9.17) is 0 Å². The number of hydrogen-bond acceptors (Lipinski definition) is 3. The van der Waals surface area contributed by atoms with Crippen LogP contribution < -0.4 is 10.6 Å². The Morgan fingerprint density at radius 1 is 1.12 bits per heavy atom. The predicted octanol–water partition coefficient (Wildman–Crippen LogP) is 3.73. The van der Waals surface area contributed by atoms with Crippen molar-refractivity contribution in [2.75, 3.05) is 13.1 Å². The molecular formula is C18H22F3N3OS. The molecule has 1 atom stereocenters. The maximum Gasteiger partial charge on any atom is 0.416 e. The van der Waals surface area contributed by atoms with E-state index in [-0.39, 0.29) is 13.1 Å². The monoisotopic (exact) mass is 385 g/mol. The molecule has 1 unspecified atom stereocenters. The summed E-state index contributed by atoms with van der Waals surface area (Å²) in [5, 5.41) is 20.4. The molecule has 0 radical (unpaired) electrons. The number of nitrogens with zero attached hydrogens (tertiary/aromatic N) is 1. The molecule has 2 rings (SSSR count). The van der Waals surface area contributed by atoms with Gasteiger partial charge in [0.25, 0.3) is 0 Å². The van der Waals surface area contributed by atoms with E-state index in [1.807, 2.05) is 23.8 Å². The number of benzene rings is 1. The van der Waals surface area contributed by atoms with Gasteiger partial charge >= 0.3 is 6.18 Å². The Morgan fingerprint density at radius 2 is 1.81 bits per heavy atom. The third kappa shape index (κ3) is 5.74. The predicted molar refractivity (Wildman–Crippen MR) is 98.2 cm³/mol. The molecule has 0 amide bonds. The Labute approximate surface area is 154 Å². The number of alkyl halides is 3. The first kappa shape index (κ1) is 20.3. The molecule has 0 spiro atoms. The van der Waals surface area contributed by atoms with Gasteiger partial charge in [-0.1, -0.05) is 12.1 Å². The molecule has 0 saturated heterocycles. The van der Waals surface area contributed by atoms with E-state index in [9.17, 15) is 18.3 Å². The fourth-order valence-corrected chi connectivity index (χ4v) is 3.02. The summed E-state index contributed by atoms with van der Waals surface area (Å²) >= 11 is 1.51. The topological polar surface area (TPSA) is 56.7 Å². The molecule has 2 aromatic rings. The quantitative estimate of drug-likeness (QED) is 0.525. The summed E-state index contributed by atoms with van der Waals surface area (Å²) in [6, 6.07) is 6.78. The molecule has 1 aromatic carbocycles. The van der Waals surface area contributed by atoms with Gasteiger partial charge in [0.1, 0.15) is 5.60 Å². The van der Waals surface area contributed by atoms with Crippen LogP contribution in [0.5, 0.6) is 0 Å². The Balaban J connectivity index is 2.00. The fraction of sp³-hybridized carbons (Fsp3) is 0.389. The van der Waals surface area contributed by atoms with Crippen molar-refractivity contribution in [3.05, 3.63) is 57.8 Å². The minimum absolute atomic E-state index is 0.230. The summed E-state index contributed by atoms with van der Waals surface area (Å²) < 4.78 is 37.8. The van der Waals surface area contributed by atoms with Crippen molar-refractivity contribution in [2.45, 2.75) is 32.2 Å². The highest BCUT2D eigenvalue weighted by molar-refractivity contribution is 7.08. The zero-order valence-electron chi connectivity index (χ0n) is 14.6. The first-order valence-electron chi connectivity index (χ1n) is 8.16. The summed E-state index contributed by atoms with van der Waals surface area (Å²) in [6.45, 7) is 4.73. The Kier molecular flexibility index (Phi) is 6.66. The molecule has 8 heteroatoms. The second-order valence-electron chi connectivity index (χ2n) is 6.03. The van der Waals surface area contributed by atoms with Gasteiger partial charge in [-0.3, -0.25) is 0 Å². The van der Waals surface area contributed by atoms with E-state index in [1.165, 1.54) is 23.5 Å². The van der Waals surface area contributed by atoms with Crippen molar-refractivity contribution in [1.82, 2.24) is 10.6 Å². The number of rotatable bonds is 6. The van der Waals surface area contributed by atoms with Crippen molar-refractivity contribution < 1.29 is 18.3 Å². The average Bonchev–Trinajstić information content (AvgIpc) is 3.12. The highest BCUT2D eigenvalue weighted by Crippen LogP contribution is 2.29. The standard InChI is InChI=1S/C18H22F3N3OS/c1-3-22-16(24-12-17(2,25)15-8-9-26-11-15)23-10-13-4-6-14(7-5-13)18(19,20)21/h4-9,11,25H,3,10,12H2,1-2H3,(H2,22,23,24). The van der Waals surface area contributed by atoms with E-state index in [2.05, 4.69) is 15.6 Å². The lowest BCUT2D eigenvalue weighted by atomic mass is 9.99. The van der Waals surface area contributed by atoms with E-state index in [1.54, 1.807) is 6.92 Å². The molecule has 1 heterocycles. The smallest absolute Gasteiger partial charge is 0.384 e. The first-order valence-corrected chi connectivity index (χ1v) is 9.10. The van der Waals surface area contributed by atoms with Gasteiger partial charge in [-0.05, 0) is 53.9 Å². The van der Waals surface area contributed by atoms with Crippen LogP contribution in [0.2, 0.25) is 0 Å². The number of thiophene rings is 1. The number of guanidine groups is 1. The van der Waals surface area contributed by atoms with Crippen molar-refractivity contribution in [2.24, 2.45) is 4.99 Å². The van der Waals surface area contributed by atoms with Gasteiger partial charge in [-0.25, -0.2) is 4.99 Å². The Bertz CT molecular complexity index is 710. The Morgan fingerprint density at radius 3 is 2.35 bits per heavy atom. The second kappa shape index (κ2) is 8.55. The van der Waals surface area contributed by atoms with Gasteiger partial charge in [-0.2, -0.15) is 24.5 Å². The molecule has 0 saturated carbocycles. The average molecular weight is 385 g/mol. The van der Waals surface area contributed by atoms with Crippen molar-refractivity contribution in [1.29, 1.82) is 0 Å². The van der Waals surface area contributed by atoms with Gasteiger partial charge in [0.15, 0.2) is 5.96 Å². The molecule has 0 fully saturated rings. The third-order valence-corrected chi connectivity index (χ3v) is 4.47. The zero-order valence-corrected chi connectivity index (χ0v) is 15.4. The first-order chi connectivity index (χ1) is 12.2. The molecule has 142 valence electrons. The van der Waals surface area contributed by atoms with Crippen LogP contribution >= 0.6 is 11.3 Å². The number of hydrogen-bond donors (Lipinski definition) is 3. The molecule has 0 bridgehead atoms. The van der Waals surface area contributed by atoms with Crippen LogP contribution in [0, 0.1) is 0 Å². The van der Waals surface area contributed by atoms with Gasteiger partial charge in [0, 0.05) is 6.54 Å². The summed E-state index contributed by atoms with van der Waals surface area (Å²) in [4.78, 5) is 4.36. The van der Waals surface area contributed by atoms with Crippen molar-refractivity contribution in [3.63, 3.8) is 0 Å². The normalized spacial score (nSPS) is 14.8. The largest absolute Gasteiger partial charge is 0.416 e. The molecule has 0 aliphatic rings. The summed E-state index contributed by atoms with van der Waals surface area (Å²) in [6.07, 6.45) is -4.34. The lowest BCUT2D eigenvalue weighted by Crippen LogP contribution is -2.44. The van der Waals surface area contributed by atoms with E-state index >= 15 is 0 Å². The van der Waals surface area contributed by atoms with Crippen LogP contribution in [0.15, 0.2) is 46.1 Å². The molecule has 26 heavy (non-hydrogen) atoms. The summed E-state index contributed by atoms with van der Waals surface area (Å²) in [5.41, 5.74) is -0.250. The number of halogens is 3. The molecule has 4 nitrogen and oxygen atoms in total. The fourth-order valence-electron chi connectivity index (χ4n) is 2.24. The van der Waals surface area contributed by atoms with Crippen LogP contribution in [0.4, 0.5) is 13.2 Å². The van der Waals surface area contributed by atoms with Gasteiger partial charge < -0.3 is 15.7 Å². The number of aliphatic imine (C=N–C) groups is 1. The van der Waals surface area contributed by atoms with Crippen LogP contribution in [0.1, 0.15) is 30.5 Å². The van der Waals surface area contributed by atoms with Gasteiger partial charge in [-0.15, -0.1) is 0 Å². The van der Waals surface area contributed by atoms with Crippen LogP contribution in [0.3, 0.4) is 0 Å². The third-order valence-electron chi connectivity index (χ3n) is 3.79. The lowest BCUT2D eigenvalue weighted by Gasteiger charge is -2.24. The maximum absolute atomic E-state index is 12.6. The summed E-state index contributed by atoms with van der Waals surface area (Å²) in [5.74, 6) is 0.489. The SMILES string of the molecule is CCNC(=NCc1ccc(C(F)(F)F)cc1)NCC(C)(O)c1ccsc1. The number of aliphatic hydroxyl groups is 1. The molecule has 1 aromatic heterocycles. The van der Waals surface area contributed by atoms with Gasteiger partial charge in [0.2, 0.25) is 0 Å². The molecule has 3 N–H and O–H groups in total. The van der Waals surface area contributed by atoms with Crippen LogP contribution in [0.25, 0.3) is 0 Å². The highest BCUT2D eigenvalue weighted by Gasteiger charge is 2.29. The lowest BCUT2D eigenvalue weighted by molar-refractivity contribution is -0.137. The minimum atomic E-state index is -4.34. The highest BCUT2D eigenvalue weighted by atomic mass is 32.1. The zero-order chi connectivity index (χ0) is 19.2.